The van der Waals surface area contributed by atoms with Crippen molar-refractivity contribution in [1.29, 1.82) is 0 Å². The van der Waals surface area contributed by atoms with Crippen LogP contribution in [0.1, 0.15) is 12.1 Å². The summed E-state index contributed by atoms with van der Waals surface area (Å²) in [5.41, 5.74) is 0.862. The van der Waals surface area contributed by atoms with E-state index in [4.69, 9.17) is 0 Å². The summed E-state index contributed by atoms with van der Waals surface area (Å²) in [4.78, 5) is 20.1. The van der Waals surface area contributed by atoms with Crippen LogP contribution in [0.15, 0.2) is 23.6 Å². The second-order valence-corrected chi connectivity index (χ2v) is 6.67. The summed E-state index contributed by atoms with van der Waals surface area (Å²) in [6.45, 7) is 3.38. The third-order valence-electron chi connectivity index (χ3n) is 4.40. The van der Waals surface area contributed by atoms with Crippen LogP contribution >= 0.6 is 11.3 Å². The molecule has 3 unspecified atom stereocenters. The molecule has 0 radical (unpaired) electrons. The number of aromatic nitrogens is 1. The maximum atomic E-state index is 12.2. The molecular weight excluding hydrogens is 270 g/mol. The Bertz CT molecular complexity index is 653. The van der Waals surface area contributed by atoms with Gasteiger partial charge in [0.15, 0.2) is 0 Å². The van der Waals surface area contributed by atoms with Gasteiger partial charge in [0.05, 0.1) is 12.1 Å². The molecule has 2 saturated heterocycles. The summed E-state index contributed by atoms with van der Waals surface area (Å²) < 4.78 is 0. The van der Waals surface area contributed by atoms with Crippen LogP contribution in [0, 0.1) is 5.92 Å². The normalized spacial score (nSPS) is 28.1. The maximum Gasteiger partial charge on any atom is 0.226 e. The fourth-order valence-corrected chi connectivity index (χ4v) is 4.14. The van der Waals surface area contributed by atoms with E-state index in [1.165, 1.54) is 13.0 Å². The lowest BCUT2D eigenvalue weighted by Gasteiger charge is -2.23. The van der Waals surface area contributed by atoms with Crippen molar-refractivity contribution < 1.29 is 4.79 Å². The molecule has 4 nitrogen and oxygen atoms in total. The Labute approximate surface area is 121 Å². The van der Waals surface area contributed by atoms with E-state index in [-0.39, 0.29) is 5.91 Å². The van der Waals surface area contributed by atoms with Crippen LogP contribution in [0.4, 0.5) is 0 Å². The third kappa shape index (κ3) is 2.21. The monoisotopic (exact) mass is 287 g/mol. The van der Waals surface area contributed by atoms with Crippen molar-refractivity contribution in [3.63, 3.8) is 0 Å². The Morgan fingerprint density at radius 3 is 3.15 bits per heavy atom. The number of piperidine rings is 1. The van der Waals surface area contributed by atoms with Crippen molar-refractivity contribution in [3.05, 3.63) is 29.3 Å². The molecular formula is C15H17N3OS. The second-order valence-electron chi connectivity index (χ2n) is 5.78. The fraction of sp³-hybridized carbons (Fsp3) is 0.467. The highest BCUT2D eigenvalue weighted by Gasteiger charge is 2.38. The first-order valence-electron chi connectivity index (χ1n) is 7.13. The molecule has 4 rings (SSSR count). The van der Waals surface area contributed by atoms with Crippen molar-refractivity contribution in [3.8, 4) is 0 Å². The van der Waals surface area contributed by atoms with Crippen molar-refractivity contribution in [2.24, 2.45) is 5.92 Å². The van der Waals surface area contributed by atoms with Crippen molar-refractivity contribution in [1.82, 2.24) is 15.2 Å². The van der Waals surface area contributed by atoms with Crippen LogP contribution in [-0.2, 0) is 11.2 Å². The zero-order chi connectivity index (χ0) is 13.5. The lowest BCUT2D eigenvalue weighted by Crippen LogP contribution is -2.43. The molecule has 0 aliphatic carbocycles. The van der Waals surface area contributed by atoms with Gasteiger partial charge in [-0.15, -0.1) is 11.3 Å². The van der Waals surface area contributed by atoms with Gasteiger partial charge in [0.1, 0.15) is 4.83 Å². The largest absolute Gasteiger partial charge is 0.351 e. The van der Waals surface area contributed by atoms with Gasteiger partial charge < -0.3 is 10.2 Å². The minimum atomic E-state index is 0.104. The molecule has 1 amide bonds. The van der Waals surface area contributed by atoms with Gasteiger partial charge in [0.25, 0.3) is 0 Å². The number of nitrogens with zero attached hydrogens (tertiary/aromatic N) is 2. The number of rotatable bonds is 3. The van der Waals surface area contributed by atoms with Gasteiger partial charge >= 0.3 is 0 Å². The molecule has 2 aliphatic heterocycles. The van der Waals surface area contributed by atoms with E-state index in [0.717, 1.165) is 29.0 Å². The van der Waals surface area contributed by atoms with Crippen LogP contribution in [0.5, 0.6) is 0 Å². The lowest BCUT2D eigenvalue weighted by molar-refractivity contribution is -0.121. The van der Waals surface area contributed by atoms with E-state index in [1.807, 2.05) is 17.5 Å². The summed E-state index contributed by atoms with van der Waals surface area (Å²) in [5.74, 6) is 0.763. The number of amides is 1. The Morgan fingerprint density at radius 1 is 1.40 bits per heavy atom. The molecule has 5 heteroatoms. The van der Waals surface area contributed by atoms with Crippen LogP contribution in [0.3, 0.4) is 0 Å². The first-order chi connectivity index (χ1) is 9.78. The Hall–Kier alpha value is -1.46. The average Bonchev–Trinajstić information content (AvgIpc) is 3.13. The lowest BCUT2D eigenvalue weighted by atomic mass is 10.00. The number of hydrogen-bond donors (Lipinski definition) is 1. The second kappa shape index (κ2) is 4.82. The Balaban J connectivity index is 1.41. The van der Waals surface area contributed by atoms with Crippen LogP contribution in [0.25, 0.3) is 10.2 Å². The molecule has 2 fully saturated rings. The molecule has 2 aromatic rings. The first-order valence-corrected chi connectivity index (χ1v) is 8.01. The van der Waals surface area contributed by atoms with Crippen molar-refractivity contribution in [2.45, 2.75) is 18.9 Å². The number of nitrogens with one attached hydrogen (secondary N) is 1. The summed E-state index contributed by atoms with van der Waals surface area (Å²) in [6, 6.07) is 6.41. The minimum Gasteiger partial charge on any atom is -0.351 e. The molecule has 0 saturated carbocycles. The quantitative estimate of drug-likeness (QED) is 0.934. The molecule has 4 heterocycles. The van der Waals surface area contributed by atoms with Crippen LogP contribution in [-0.4, -0.2) is 41.5 Å². The van der Waals surface area contributed by atoms with Crippen molar-refractivity contribution in [2.75, 3.05) is 19.6 Å². The smallest absolute Gasteiger partial charge is 0.226 e. The topological polar surface area (TPSA) is 45.2 Å². The van der Waals surface area contributed by atoms with Gasteiger partial charge in [-0.05, 0) is 36.4 Å². The summed E-state index contributed by atoms with van der Waals surface area (Å²) in [6.07, 6.45) is 1.61. The van der Waals surface area contributed by atoms with Crippen LogP contribution < -0.4 is 5.32 Å². The van der Waals surface area contributed by atoms with E-state index in [0.29, 0.717) is 18.4 Å². The highest BCUT2D eigenvalue weighted by atomic mass is 32.1. The zero-order valence-corrected chi connectivity index (χ0v) is 12.0. The molecule has 20 heavy (non-hydrogen) atoms. The molecule has 2 aromatic heterocycles. The third-order valence-corrected chi connectivity index (χ3v) is 5.22. The molecule has 2 bridgehead atoms. The van der Waals surface area contributed by atoms with Gasteiger partial charge in [0, 0.05) is 24.5 Å². The molecule has 2 aliphatic rings. The highest BCUT2D eigenvalue weighted by Crippen LogP contribution is 2.27. The summed E-state index contributed by atoms with van der Waals surface area (Å²) >= 11 is 1.62. The molecule has 1 N–H and O–H groups in total. The predicted molar refractivity (Wildman–Crippen MR) is 79.8 cm³/mol. The molecule has 3 atom stereocenters. The van der Waals surface area contributed by atoms with E-state index in [2.05, 4.69) is 21.3 Å². The van der Waals surface area contributed by atoms with Crippen molar-refractivity contribution >= 4 is 27.5 Å². The number of thiophene rings is 1. The van der Waals surface area contributed by atoms with E-state index >= 15 is 0 Å². The van der Waals surface area contributed by atoms with Gasteiger partial charge in [0.2, 0.25) is 5.91 Å². The Kier molecular flexibility index (Phi) is 2.97. The molecule has 104 valence electrons. The summed E-state index contributed by atoms with van der Waals surface area (Å²) in [7, 11) is 0. The van der Waals surface area contributed by atoms with Crippen LogP contribution in [0.2, 0.25) is 0 Å². The highest BCUT2D eigenvalue weighted by molar-refractivity contribution is 7.16. The maximum absolute atomic E-state index is 12.2. The zero-order valence-electron chi connectivity index (χ0n) is 11.2. The molecule has 0 spiro atoms. The van der Waals surface area contributed by atoms with E-state index in [1.54, 1.807) is 11.3 Å². The standard InChI is InChI=1S/C15H17N3OS/c19-14(17-13-9-18-5-3-11(13)8-18)7-12-2-1-10-4-6-20-15(10)16-12/h1-2,4,6,11,13H,3,5,7-9H2,(H,17,19). The summed E-state index contributed by atoms with van der Waals surface area (Å²) in [5, 5.41) is 6.37. The fourth-order valence-electron chi connectivity index (χ4n) is 3.35. The number of hydrogen-bond acceptors (Lipinski definition) is 4. The van der Waals surface area contributed by atoms with Gasteiger partial charge in [-0.25, -0.2) is 4.98 Å². The molecule has 0 aromatic carbocycles. The minimum absolute atomic E-state index is 0.104. The number of carbonyl (C=O) groups excluding carboxylic acids is 1. The first kappa shape index (κ1) is 12.3. The van der Waals surface area contributed by atoms with Gasteiger partial charge in [-0.3, -0.25) is 4.79 Å². The van der Waals surface area contributed by atoms with E-state index in [9.17, 15) is 4.79 Å². The van der Waals surface area contributed by atoms with E-state index < -0.39 is 0 Å². The number of carbonyl (C=O) groups is 1. The predicted octanol–water partition coefficient (Wildman–Crippen LogP) is 1.66. The van der Waals surface area contributed by atoms with Gasteiger partial charge in [-0.1, -0.05) is 6.07 Å². The number of pyridine rings is 1. The number of fused-ring (bicyclic) bond motifs is 3. The Morgan fingerprint density at radius 2 is 2.35 bits per heavy atom. The van der Waals surface area contributed by atoms with Gasteiger partial charge in [-0.2, -0.15) is 0 Å². The SMILES string of the molecule is O=C(Cc1ccc2ccsc2n1)NC1CN2CCC1C2. The average molecular weight is 287 g/mol.